The summed E-state index contributed by atoms with van der Waals surface area (Å²) in [5, 5.41) is 0. The van der Waals surface area contributed by atoms with Crippen LogP contribution >= 0.6 is 0 Å². The largest absolute Gasteiger partial charge is 0.453 e. The van der Waals surface area contributed by atoms with Crippen LogP contribution in [0, 0.1) is 17.8 Å². The summed E-state index contributed by atoms with van der Waals surface area (Å²) in [5.41, 5.74) is 0. The Hall–Kier alpha value is -1.34. The Morgan fingerprint density at radius 3 is 2.43 bits per heavy atom. The maximum Gasteiger partial charge on any atom is 0.409 e. The summed E-state index contributed by atoms with van der Waals surface area (Å²) in [6.45, 7) is 5.31. The molecule has 7 heteroatoms. The maximum atomic E-state index is 12.8. The van der Waals surface area contributed by atoms with Crippen molar-refractivity contribution in [2.45, 2.75) is 56.7 Å². The number of nitrogens with zero attached hydrogens (tertiary/aromatic N) is 3. The van der Waals surface area contributed by atoms with Crippen LogP contribution in [0.15, 0.2) is 0 Å². The molecule has 4 unspecified atom stereocenters. The third-order valence-electron chi connectivity index (χ3n) is 7.83. The molecule has 5 heterocycles. The lowest BCUT2D eigenvalue weighted by molar-refractivity contribution is -0.134. The van der Waals surface area contributed by atoms with Crippen LogP contribution in [0.25, 0.3) is 0 Å². The van der Waals surface area contributed by atoms with Gasteiger partial charge in [-0.25, -0.2) is 4.79 Å². The summed E-state index contributed by atoms with van der Waals surface area (Å²) in [4.78, 5) is 31.6. The smallest absolute Gasteiger partial charge is 0.409 e. The van der Waals surface area contributed by atoms with Gasteiger partial charge in [-0.1, -0.05) is 0 Å². The van der Waals surface area contributed by atoms with Gasteiger partial charge in [0.1, 0.15) is 0 Å². The Morgan fingerprint density at radius 2 is 1.71 bits per heavy atom. The molecular weight excluding hydrogens is 358 g/mol. The predicted molar refractivity (Wildman–Crippen MR) is 103 cm³/mol. The van der Waals surface area contributed by atoms with E-state index in [1.54, 1.807) is 0 Å². The number of carbonyl (C=O) groups excluding carboxylic acids is 2. The van der Waals surface area contributed by atoms with Gasteiger partial charge < -0.3 is 19.3 Å². The van der Waals surface area contributed by atoms with Crippen molar-refractivity contribution < 1.29 is 19.1 Å². The van der Waals surface area contributed by atoms with Crippen molar-refractivity contribution >= 4 is 12.0 Å². The van der Waals surface area contributed by atoms with E-state index in [9.17, 15) is 9.59 Å². The molecule has 6 atom stereocenters. The average Bonchev–Trinajstić information content (AvgIpc) is 3.21. The van der Waals surface area contributed by atoms with E-state index in [2.05, 4.69) is 9.80 Å². The van der Waals surface area contributed by atoms with Crippen LogP contribution in [-0.4, -0.2) is 91.3 Å². The first-order valence-electron chi connectivity index (χ1n) is 11.1. The molecule has 0 aromatic heterocycles. The van der Waals surface area contributed by atoms with Gasteiger partial charge in [-0.3, -0.25) is 9.69 Å². The molecule has 1 aliphatic carbocycles. The van der Waals surface area contributed by atoms with E-state index < -0.39 is 0 Å². The minimum Gasteiger partial charge on any atom is -0.453 e. The first kappa shape index (κ1) is 18.7. The highest BCUT2D eigenvalue weighted by molar-refractivity contribution is 5.82. The van der Waals surface area contributed by atoms with Gasteiger partial charge in [0.25, 0.3) is 0 Å². The fourth-order valence-corrected chi connectivity index (χ4v) is 6.16. The maximum absolute atomic E-state index is 12.8. The van der Waals surface area contributed by atoms with Gasteiger partial charge in [0.05, 0.1) is 32.4 Å². The van der Waals surface area contributed by atoms with E-state index >= 15 is 0 Å². The lowest BCUT2D eigenvalue weighted by Crippen LogP contribution is -2.56. The summed E-state index contributed by atoms with van der Waals surface area (Å²) < 4.78 is 10.9. The Balaban J connectivity index is 1.18. The zero-order valence-electron chi connectivity index (χ0n) is 16.9. The van der Waals surface area contributed by atoms with Crippen molar-refractivity contribution in [2.75, 3.05) is 46.4 Å². The van der Waals surface area contributed by atoms with Gasteiger partial charge in [-0.2, -0.15) is 0 Å². The van der Waals surface area contributed by atoms with Gasteiger partial charge in [0, 0.05) is 38.1 Å². The van der Waals surface area contributed by atoms with Crippen LogP contribution in [0.4, 0.5) is 4.79 Å². The quantitative estimate of drug-likeness (QED) is 0.715. The highest BCUT2D eigenvalue weighted by atomic mass is 16.5. The number of morpholine rings is 1. The molecule has 5 aliphatic heterocycles. The third-order valence-corrected chi connectivity index (χ3v) is 7.83. The highest BCUT2D eigenvalue weighted by Crippen LogP contribution is 2.53. The zero-order chi connectivity index (χ0) is 19.3. The van der Waals surface area contributed by atoms with Gasteiger partial charge in [0.15, 0.2) is 0 Å². The molecule has 2 bridgehead atoms. The summed E-state index contributed by atoms with van der Waals surface area (Å²) in [6, 6.07) is 0.596. The van der Waals surface area contributed by atoms with Gasteiger partial charge in [0.2, 0.25) is 5.91 Å². The molecule has 156 valence electrons. The first-order valence-corrected chi connectivity index (χ1v) is 11.1. The molecule has 7 nitrogen and oxygen atoms in total. The molecule has 0 N–H and O–H groups in total. The predicted octanol–water partition coefficient (Wildman–Crippen LogP) is 1.57. The zero-order valence-corrected chi connectivity index (χ0v) is 16.9. The van der Waals surface area contributed by atoms with Crippen LogP contribution in [0.5, 0.6) is 0 Å². The summed E-state index contributed by atoms with van der Waals surface area (Å²) in [5.74, 6) is 1.83. The average molecular weight is 392 g/mol. The summed E-state index contributed by atoms with van der Waals surface area (Å²) >= 11 is 0. The number of likely N-dealkylation sites (tertiary alicyclic amines) is 2. The van der Waals surface area contributed by atoms with E-state index in [0.29, 0.717) is 36.9 Å². The van der Waals surface area contributed by atoms with Gasteiger partial charge in [-0.05, 0) is 50.4 Å². The molecule has 0 spiro atoms. The number of carbonyl (C=O) groups is 2. The van der Waals surface area contributed by atoms with Crippen molar-refractivity contribution in [3.63, 3.8) is 0 Å². The third kappa shape index (κ3) is 3.30. The first-order chi connectivity index (χ1) is 13.7. The fourth-order valence-electron chi connectivity index (χ4n) is 6.16. The fraction of sp³-hybridized carbons (Fsp3) is 0.905. The second kappa shape index (κ2) is 7.48. The standard InChI is InChI=1S/C21H33N3O4/c1-27-21(26)24-10-16-6-5-14(9-15(24)13-28-16)23-11-17-18(12-23)19(17)20(25)22-7-3-2-4-8-22/h14-19H,2-13H2,1H3/t14?,15?,16?,17-,18+,19?. The van der Waals surface area contributed by atoms with E-state index in [0.717, 1.165) is 45.4 Å². The number of piperidine rings is 2. The molecule has 5 saturated heterocycles. The minimum atomic E-state index is -0.226. The second-order valence-corrected chi connectivity index (χ2v) is 9.39. The number of rotatable bonds is 2. The SMILES string of the molecule is COC(=O)N1CC2CCC(N3C[C@@H]4C(C(=O)N5CCCCC5)[C@@H]4C3)CC1CO2. The lowest BCUT2D eigenvalue weighted by atomic mass is 9.93. The van der Waals surface area contributed by atoms with Crippen LogP contribution in [0.3, 0.4) is 0 Å². The molecule has 6 aliphatic rings. The number of amides is 2. The van der Waals surface area contributed by atoms with Crippen LogP contribution in [0.1, 0.15) is 38.5 Å². The molecule has 2 amide bonds. The number of ether oxygens (including phenoxy) is 2. The van der Waals surface area contributed by atoms with Crippen molar-refractivity contribution in [2.24, 2.45) is 17.8 Å². The topological polar surface area (TPSA) is 62.3 Å². The Labute approximate surface area is 167 Å². The second-order valence-electron chi connectivity index (χ2n) is 9.39. The number of methoxy groups -OCH3 is 1. The highest BCUT2D eigenvalue weighted by Gasteiger charge is 2.61. The lowest BCUT2D eigenvalue weighted by Gasteiger charge is -2.45. The van der Waals surface area contributed by atoms with E-state index in [4.69, 9.17) is 9.47 Å². The Bertz CT molecular complexity index is 611. The van der Waals surface area contributed by atoms with E-state index in [1.165, 1.54) is 26.4 Å². The molecule has 0 aromatic carbocycles. The molecule has 0 radical (unpaired) electrons. The molecule has 28 heavy (non-hydrogen) atoms. The molecular formula is C21H33N3O4. The van der Waals surface area contributed by atoms with E-state index in [1.807, 2.05) is 4.90 Å². The van der Waals surface area contributed by atoms with Crippen molar-refractivity contribution in [3.05, 3.63) is 0 Å². The van der Waals surface area contributed by atoms with Gasteiger partial charge in [-0.15, -0.1) is 0 Å². The molecule has 6 fully saturated rings. The number of fused-ring (bicyclic) bond motifs is 6. The monoisotopic (exact) mass is 391 g/mol. The van der Waals surface area contributed by atoms with Crippen molar-refractivity contribution in [1.29, 1.82) is 0 Å². The molecule has 6 rings (SSSR count). The Morgan fingerprint density at radius 1 is 0.964 bits per heavy atom. The molecule has 0 aromatic rings. The van der Waals surface area contributed by atoms with E-state index in [-0.39, 0.29) is 24.2 Å². The van der Waals surface area contributed by atoms with Crippen molar-refractivity contribution in [1.82, 2.24) is 14.7 Å². The number of hydrogen-bond acceptors (Lipinski definition) is 5. The van der Waals surface area contributed by atoms with Gasteiger partial charge >= 0.3 is 6.09 Å². The summed E-state index contributed by atoms with van der Waals surface area (Å²) in [7, 11) is 1.46. The Kier molecular flexibility index (Phi) is 4.99. The number of hydrogen-bond donors (Lipinski definition) is 0. The molecule has 1 saturated carbocycles. The van der Waals surface area contributed by atoms with Crippen LogP contribution in [-0.2, 0) is 14.3 Å². The normalized spacial score (nSPS) is 40.6. The van der Waals surface area contributed by atoms with Crippen LogP contribution in [0.2, 0.25) is 0 Å². The van der Waals surface area contributed by atoms with Crippen molar-refractivity contribution in [3.8, 4) is 0 Å². The minimum absolute atomic E-state index is 0.108. The van der Waals surface area contributed by atoms with Crippen LogP contribution < -0.4 is 0 Å². The summed E-state index contributed by atoms with van der Waals surface area (Å²) in [6.07, 6.45) is 6.58.